The zero-order chi connectivity index (χ0) is 13.5. The molecule has 2 N–H and O–H groups in total. The van der Waals surface area contributed by atoms with Crippen molar-refractivity contribution < 1.29 is 15.0 Å². The molecule has 0 fully saturated rings. The highest BCUT2D eigenvalue weighted by atomic mass is 79.9. The van der Waals surface area contributed by atoms with Crippen LogP contribution < -0.4 is 0 Å². The van der Waals surface area contributed by atoms with E-state index in [1.54, 1.807) is 6.07 Å². The number of phenolic OH excluding ortho intramolecular Hbond substituents is 1. The van der Waals surface area contributed by atoms with Crippen molar-refractivity contribution in [1.29, 1.82) is 0 Å². The van der Waals surface area contributed by atoms with Crippen LogP contribution in [-0.2, 0) is 11.2 Å². The molecule has 3 nitrogen and oxygen atoms in total. The molecule has 1 aromatic rings. The third-order valence-electron chi connectivity index (χ3n) is 4.28. The van der Waals surface area contributed by atoms with E-state index in [1.807, 2.05) is 19.9 Å². The maximum atomic E-state index is 11.5. The number of carbonyl (C=O) groups is 1. The summed E-state index contributed by atoms with van der Waals surface area (Å²) in [5.74, 6) is -0.498. The number of phenols is 1. The quantitative estimate of drug-likeness (QED) is 0.895. The van der Waals surface area contributed by atoms with E-state index >= 15 is 0 Å². The van der Waals surface area contributed by atoms with Gasteiger partial charge in [-0.05, 0) is 65.4 Å². The third-order valence-corrected chi connectivity index (χ3v) is 4.91. The van der Waals surface area contributed by atoms with E-state index in [-0.39, 0.29) is 11.7 Å². The first-order valence-corrected chi connectivity index (χ1v) is 6.94. The van der Waals surface area contributed by atoms with Crippen LogP contribution in [0.5, 0.6) is 5.75 Å². The number of aromatic hydroxyl groups is 1. The second-order valence-corrected chi connectivity index (χ2v) is 6.02. The predicted octanol–water partition coefficient (Wildman–Crippen LogP) is 3.69. The largest absolute Gasteiger partial charge is 0.507 e. The molecule has 0 aromatic heterocycles. The van der Waals surface area contributed by atoms with E-state index in [0.717, 1.165) is 24.0 Å². The van der Waals surface area contributed by atoms with Crippen LogP contribution in [0.2, 0.25) is 0 Å². The molecule has 0 amide bonds. The summed E-state index contributed by atoms with van der Waals surface area (Å²) in [6.45, 7) is 3.73. The first-order chi connectivity index (χ1) is 8.40. The fraction of sp³-hybridized carbons (Fsp3) is 0.500. The lowest BCUT2D eigenvalue weighted by Crippen LogP contribution is -2.32. The molecular formula is C14H17BrO3. The summed E-state index contributed by atoms with van der Waals surface area (Å²) in [6, 6.07) is 3.62. The number of rotatable bonds is 3. The number of hydrogen-bond acceptors (Lipinski definition) is 2. The van der Waals surface area contributed by atoms with E-state index in [4.69, 9.17) is 0 Å². The molecule has 2 rings (SSSR count). The van der Waals surface area contributed by atoms with E-state index in [9.17, 15) is 15.0 Å². The standard InChI is InChI=1S/C14H17BrO3/c1-3-14(2,13(17)18)10-5-4-8-6-12(16)11(15)7-9(8)10/h6-7,10,16H,3-5H2,1-2H3,(H,17,18). The lowest BCUT2D eigenvalue weighted by atomic mass is 9.72. The monoisotopic (exact) mass is 312 g/mol. The molecule has 0 spiro atoms. The molecule has 18 heavy (non-hydrogen) atoms. The van der Waals surface area contributed by atoms with Gasteiger partial charge in [0.15, 0.2) is 0 Å². The molecular weight excluding hydrogens is 296 g/mol. The molecule has 1 aromatic carbocycles. The van der Waals surface area contributed by atoms with Gasteiger partial charge in [0.25, 0.3) is 0 Å². The van der Waals surface area contributed by atoms with Crippen molar-refractivity contribution >= 4 is 21.9 Å². The van der Waals surface area contributed by atoms with Crippen LogP contribution in [0.4, 0.5) is 0 Å². The van der Waals surface area contributed by atoms with Crippen molar-refractivity contribution in [1.82, 2.24) is 0 Å². The van der Waals surface area contributed by atoms with Gasteiger partial charge in [-0.2, -0.15) is 0 Å². The van der Waals surface area contributed by atoms with Crippen LogP contribution in [0.1, 0.15) is 43.7 Å². The molecule has 98 valence electrons. The Morgan fingerprint density at radius 3 is 2.78 bits per heavy atom. The fourth-order valence-corrected chi connectivity index (χ4v) is 3.19. The van der Waals surface area contributed by atoms with Crippen molar-refractivity contribution in [3.63, 3.8) is 0 Å². The predicted molar refractivity (Wildman–Crippen MR) is 72.9 cm³/mol. The van der Waals surface area contributed by atoms with Gasteiger partial charge in [0.1, 0.15) is 5.75 Å². The van der Waals surface area contributed by atoms with Gasteiger partial charge in [-0.3, -0.25) is 4.79 Å². The number of carboxylic acid groups (broad SMARTS) is 1. The maximum absolute atomic E-state index is 11.5. The van der Waals surface area contributed by atoms with Crippen LogP contribution in [0.25, 0.3) is 0 Å². The lowest BCUT2D eigenvalue weighted by molar-refractivity contribution is -0.149. The summed E-state index contributed by atoms with van der Waals surface area (Å²) >= 11 is 3.30. The normalized spacial score (nSPS) is 21.4. The van der Waals surface area contributed by atoms with Crippen molar-refractivity contribution in [2.24, 2.45) is 5.41 Å². The number of benzene rings is 1. The Morgan fingerprint density at radius 1 is 1.56 bits per heavy atom. The molecule has 0 radical (unpaired) electrons. The van der Waals surface area contributed by atoms with E-state index in [2.05, 4.69) is 15.9 Å². The highest BCUT2D eigenvalue weighted by molar-refractivity contribution is 9.10. The SMILES string of the molecule is CCC(C)(C(=O)O)C1CCc2cc(O)c(Br)cc21. The van der Waals surface area contributed by atoms with Gasteiger partial charge < -0.3 is 10.2 Å². The topological polar surface area (TPSA) is 57.5 Å². The van der Waals surface area contributed by atoms with Gasteiger partial charge in [0.2, 0.25) is 0 Å². The Balaban J connectivity index is 2.48. The summed E-state index contributed by atoms with van der Waals surface area (Å²) in [6.07, 6.45) is 2.27. The van der Waals surface area contributed by atoms with Crippen molar-refractivity contribution in [2.45, 2.75) is 39.0 Å². The first kappa shape index (κ1) is 13.4. The van der Waals surface area contributed by atoms with Crippen molar-refractivity contribution in [2.75, 3.05) is 0 Å². The minimum atomic E-state index is -0.743. The van der Waals surface area contributed by atoms with Crippen LogP contribution in [0.3, 0.4) is 0 Å². The van der Waals surface area contributed by atoms with Crippen molar-refractivity contribution in [3.05, 3.63) is 27.7 Å². The molecule has 0 heterocycles. The van der Waals surface area contributed by atoms with Gasteiger partial charge in [0.05, 0.1) is 9.89 Å². The molecule has 4 heteroatoms. The first-order valence-electron chi connectivity index (χ1n) is 6.14. The van der Waals surface area contributed by atoms with E-state index < -0.39 is 11.4 Å². The molecule has 2 atom stereocenters. The molecule has 0 aliphatic heterocycles. The van der Waals surface area contributed by atoms with Gasteiger partial charge in [-0.25, -0.2) is 0 Å². The Kier molecular flexibility index (Phi) is 3.41. The van der Waals surface area contributed by atoms with Crippen LogP contribution in [0, 0.1) is 5.41 Å². The fourth-order valence-electron chi connectivity index (χ4n) is 2.83. The summed E-state index contributed by atoms with van der Waals surface area (Å²) in [7, 11) is 0. The van der Waals surface area contributed by atoms with Crippen LogP contribution in [0.15, 0.2) is 16.6 Å². The number of carboxylic acids is 1. The highest BCUT2D eigenvalue weighted by Crippen LogP contribution is 2.49. The summed E-state index contributed by atoms with van der Waals surface area (Å²) in [4.78, 5) is 11.5. The molecule has 0 saturated heterocycles. The lowest BCUT2D eigenvalue weighted by Gasteiger charge is -2.31. The molecule has 0 bridgehead atoms. The second-order valence-electron chi connectivity index (χ2n) is 5.17. The van der Waals surface area contributed by atoms with Gasteiger partial charge >= 0.3 is 5.97 Å². The molecule has 2 unspecified atom stereocenters. The second kappa shape index (κ2) is 4.57. The summed E-state index contributed by atoms with van der Waals surface area (Å²) in [5.41, 5.74) is 1.40. The Labute approximate surface area is 115 Å². The average Bonchev–Trinajstić information content (AvgIpc) is 2.72. The van der Waals surface area contributed by atoms with Gasteiger partial charge in [-0.15, -0.1) is 0 Å². The van der Waals surface area contributed by atoms with Crippen LogP contribution >= 0.6 is 15.9 Å². The average molecular weight is 313 g/mol. The smallest absolute Gasteiger partial charge is 0.309 e. The number of halogens is 1. The minimum absolute atomic E-state index is 0.0203. The third kappa shape index (κ3) is 1.92. The number of hydrogen-bond donors (Lipinski definition) is 2. The number of aryl methyl sites for hydroxylation is 1. The zero-order valence-electron chi connectivity index (χ0n) is 10.5. The summed E-state index contributed by atoms with van der Waals surface area (Å²) < 4.78 is 0.636. The highest BCUT2D eigenvalue weighted by Gasteiger charge is 2.43. The molecule has 0 saturated carbocycles. The Morgan fingerprint density at radius 2 is 2.22 bits per heavy atom. The van der Waals surface area contributed by atoms with Gasteiger partial charge in [-0.1, -0.05) is 6.92 Å². The Bertz CT molecular complexity index is 498. The number of aliphatic carboxylic acids is 1. The molecule has 1 aliphatic rings. The van der Waals surface area contributed by atoms with Gasteiger partial charge in [0, 0.05) is 5.92 Å². The van der Waals surface area contributed by atoms with E-state index in [1.165, 1.54) is 0 Å². The van der Waals surface area contributed by atoms with E-state index in [0.29, 0.717) is 10.9 Å². The molecule has 1 aliphatic carbocycles. The van der Waals surface area contributed by atoms with Crippen molar-refractivity contribution in [3.8, 4) is 5.75 Å². The minimum Gasteiger partial charge on any atom is -0.507 e. The summed E-state index contributed by atoms with van der Waals surface area (Å²) in [5, 5.41) is 19.2. The maximum Gasteiger partial charge on any atom is 0.309 e. The number of fused-ring (bicyclic) bond motifs is 1. The Hall–Kier alpha value is -1.03. The zero-order valence-corrected chi connectivity index (χ0v) is 12.1. The van der Waals surface area contributed by atoms with Crippen LogP contribution in [-0.4, -0.2) is 16.2 Å².